The van der Waals surface area contributed by atoms with E-state index in [2.05, 4.69) is 15.6 Å². The second-order valence-corrected chi connectivity index (χ2v) is 7.01. The Morgan fingerprint density at radius 1 is 1.23 bits per heavy atom. The summed E-state index contributed by atoms with van der Waals surface area (Å²) in [6.45, 7) is 1.84. The number of methoxy groups -OCH3 is 1. The van der Waals surface area contributed by atoms with E-state index < -0.39 is 0 Å². The maximum absolute atomic E-state index is 12.6. The quantitative estimate of drug-likeness (QED) is 0.688. The molecule has 0 saturated heterocycles. The number of rotatable bonds is 5. The summed E-state index contributed by atoms with van der Waals surface area (Å²) in [5.41, 5.74) is 2.66. The molecule has 0 unspecified atom stereocenters. The van der Waals surface area contributed by atoms with E-state index in [1.165, 1.54) is 18.4 Å². The number of thiazole rings is 1. The van der Waals surface area contributed by atoms with E-state index in [1.807, 2.05) is 19.1 Å². The second-order valence-electron chi connectivity index (χ2n) is 5.57. The number of anilines is 2. The van der Waals surface area contributed by atoms with Gasteiger partial charge in [-0.2, -0.15) is 0 Å². The molecule has 0 bridgehead atoms. The Hall–Kier alpha value is -2.48. The standard InChI is InChI=1S/C18H16ClN3O3S/c1-10-4-3-5-12(19)16(10)22-17(24)11-6-7-13-14(8-11)26-18(20-13)21-15(23)9-25-2/h3-8H,9H2,1-2H3,(H,22,24)(H,20,21,23). The second kappa shape index (κ2) is 7.82. The zero-order valence-corrected chi connectivity index (χ0v) is 15.7. The summed E-state index contributed by atoms with van der Waals surface area (Å²) in [6.07, 6.45) is 0. The number of carbonyl (C=O) groups is 2. The molecule has 0 saturated carbocycles. The number of nitrogens with one attached hydrogen (secondary N) is 2. The van der Waals surface area contributed by atoms with Crippen LogP contribution in [0.1, 0.15) is 15.9 Å². The molecule has 134 valence electrons. The third-order valence-electron chi connectivity index (χ3n) is 3.63. The predicted octanol–water partition coefficient (Wildman–Crippen LogP) is 4.10. The number of ether oxygens (including phenoxy) is 1. The summed E-state index contributed by atoms with van der Waals surface area (Å²) in [6, 6.07) is 10.6. The van der Waals surface area contributed by atoms with Crippen LogP contribution in [0.4, 0.5) is 10.8 Å². The lowest BCUT2D eigenvalue weighted by Gasteiger charge is -2.10. The molecule has 3 aromatic rings. The molecule has 0 aliphatic rings. The molecule has 0 spiro atoms. The van der Waals surface area contributed by atoms with Gasteiger partial charge in [0.05, 0.1) is 20.9 Å². The van der Waals surface area contributed by atoms with E-state index in [0.717, 1.165) is 10.3 Å². The molecule has 0 aliphatic carbocycles. The lowest BCUT2D eigenvalue weighted by atomic mass is 10.1. The number of aryl methyl sites for hydroxylation is 1. The first kappa shape index (κ1) is 18.3. The van der Waals surface area contributed by atoms with Gasteiger partial charge in [-0.05, 0) is 36.8 Å². The van der Waals surface area contributed by atoms with Gasteiger partial charge in [0.1, 0.15) is 6.61 Å². The molecule has 26 heavy (non-hydrogen) atoms. The maximum atomic E-state index is 12.6. The van der Waals surface area contributed by atoms with E-state index in [4.69, 9.17) is 16.3 Å². The van der Waals surface area contributed by atoms with Crippen molar-refractivity contribution < 1.29 is 14.3 Å². The molecule has 2 N–H and O–H groups in total. The Labute approximate surface area is 159 Å². The van der Waals surface area contributed by atoms with Crippen molar-refractivity contribution in [1.82, 2.24) is 4.98 Å². The molecule has 8 heteroatoms. The average molecular weight is 390 g/mol. The van der Waals surface area contributed by atoms with Crippen LogP contribution in [-0.4, -0.2) is 30.5 Å². The summed E-state index contributed by atoms with van der Waals surface area (Å²) < 4.78 is 5.57. The van der Waals surface area contributed by atoms with Crippen LogP contribution in [0.2, 0.25) is 5.02 Å². The number of hydrogen-bond donors (Lipinski definition) is 2. The lowest BCUT2D eigenvalue weighted by molar-refractivity contribution is -0.119. The minimum atomic E-state index is -0.279. The van der Waals surface area contributed by atoms with E-state index in [0.29, 0.717) is 26.9 Å². The summed E-state index contributed by atoms with van der Waals surface area (Å²) in [7, 11) is 1.45. The largest absolute Gasteiger partial charge is 0.375 e. The lowest BCUT2D eigenvalue weighted by Crippen LogP contribution is -2.16. The Morgan fingerprint density at radius 2 is 2.04 bits per heavy atom. The fraction of sp³-hybridized carbons (Fsp3) is 0.167. The summed E-state index contributed by atoms with van der Waals surface area (Å²) in [5.74, 6) is -0.541. The predicted molar refractivity (Wildman–Crippen MR) is 104 cm³/mol. The molecule has 0 radical (unpaired) electrons. The van der Waals surface area contributed by atoms with Crippen molar-refractivity contribution in [1.29, 1.82) is 0 Å². The highest BCUT2D eigenvalue weighted by Gasteiger charge is 2.13. The van der Waals surface area contributed by atoms with Crippen LogP contribution < -0.4 is 10.6 Å². The molecule has 6 nitrogen and oxygen atoms in total. The van der Waals surface area contributed by atoms with Crippen molar-refractivity contribution in [2.45, 2.75) is 6.92 Å². The first-order valence-corrected chi connectivity index (χ1v) is 8.93. The fourth-order valence-electron chi connectivity index (χ4n) is 2.38. The number of amides is 2. The average Bonchev–Trinajstić information content (AvgIpc) is 2.99. The molecule has 0 aliphatic heterocycles. The van der Waals surface area contributed by atoms with Crippen molar-refractivity contribution in [2.24, 2.45) is 0 Å². The topological polar surface area (TPSA) is 80.3 Å². The number of nitrogens with zero attached hydrogens (tertiary/aromatic N) is 1. The Morgan fingerprint density at radius 3 is 2.77 bits per heavy atom. The first-order chi connectivity index (χ1) is 12.5. The Kier molecular flexibility index (Phi) is 5.51. The smallest absolute Gasteiger partial charge is 0.255 e. The Bertz CT molecular complexity index is 967. The van der Waals surface area contributed by atoms with Gasteiger partial charge in [0.25, 0.3) is 11.8 Å². The molecule has 1 aromatic heterocycles. The molecular weight excluding hydrogens is 374 g/mol. The number of halogens is 1. The highest BCUT2D eigenvalue weighted by Crippen LogP contribution is 2.29. The molecule has 1 heterocycles. The van der Waals surface area contributed by atoms with Gasteiger partial charge in [0.15, 0.2) is 5.13 Å². The van der Waals surface area contributed by atoms with Gasteiger partial charge < -0.3 is 10.1 Å². The first-order valence-electron chi connectivity index (χ1n) is 7.74. The van der Waals surface area contributed by atoms with E-state index in [-0.39, 0.29) is 18.4 Å². The minimum absolute atomic E-state index is 0.0409. The number of carbonyl (C=O) groups excluding carboxylic acids is 2. The van der Waals surface area contributed by atoms with Crippen LogP contribution >= 0.6 is 22.9 Å². The maximum Gasteiger partial charge on any atom is 0.255 e. The SMILES string of the molecule is COCC(=O)Nc1nc2ccc(C(=O)Nc3c(C)cccc3Cl)cc2s1. The summed E-state index contributed by atoms with van der Waals surface area (Å²) in [5, 5.41) is 6.45. The number of para-hydroxylation sites is 1. The number of benzene rings is 2. The van der Waals surface area contributed by atoms with Crippen LogP contribution in [0, 0.1) is 6.92 Å². The number of aromatic nitrogens is 1. The third kappa shape index (κ3) is 4.01. The molecule has 3 rings (SSSR count). The van der Waals surface area contributed by atoms with Crippen LogP contribution in [0.25, 0.3) is 10.2 Å². The molecule has 0 atom stereocenters. The Balaban J connectivity index is 1.82. The van der Waals surface area contributed by atoms with Crippen molar-refractivity contribution in [3.63, 3.8) is 0 Å². The summed E-state index contributed by atoms with van der Waals surface area (Å²) in [4.78, 5) is 28.5. The van der Waals surface area contributed by atoms with Gasteiger partial charge >= 0.3 is 0 Å². The third-order valence-corrected chi connectivity index (χ3v) is 4.88. The van der Waals surface area contributed by atoms with Crippen LogP contribution in [0.5, 0.6) is 0 Å². The van der Waals surface area contributed by atoms with Crippen LogP contribution in [0.15, 0.2) is 36.4 Å². The van der Waals surface area contributed by atoms with Crippen molar-refractivity contribution >= 4 is 55.8 Å². The van der Waals surface area contributed by atoms with E-state index in [9.17, 15) is 9.59 Å². The van der Waals surface area contributed by atoms with Crippen LogP contribution in [-0.2, 0) is 9.53 Å². The van der Waals surface area contributed by atoms with Crippen LogP contribution in [0.3, 0.4) is 0 Å². The minimum Gasteiger partial charge on any atom is -0.375 e. The molecule has 2 amide bonds. The molecule has 2 aromatic carbocycles. The number of hydrogen-bond acceptors (Lipinski definition) is 5. The van der Waals surface area contributed by atoms with Crippen molar-refractivity contribution in [3.8, 4) is 0 Å². The van der Waals surface area contributed by atoms with Gasteiger partial charge in [-0.25, -0.2) is 4.98 Å². The fourth-order valence-corrected chi connectivity index (χ4v) is 3.57. The van der Waals surface area contributed by atoms with E-state index >= 15 is 0 Å². The highest BCUT2D eigenvalue weighted by molar-refractivity contribution is 7.22. The van der Waals surface area contributed by atoms with Crippen molar-refractivity contribution in [3.05, 3.63) is 52.5 Å². The van der Waals surface area contributed by atoms with Gasteiger partial charge in [-0.3, -0.25) is 14.9 Å². The van der Waals surface area contributed by atoms with Gasteiger partial charge in [-0.15, -0.1) is 0 Å². The summed E-state index contributed by atoms with van der Waals surface area (Å²) >= 11 is 7.45. The zero-order chi connectivity index (χ0) is 18.7. The highest BCUT2D eigenvalue weighted by atomic mass is 35.5. The van der Waals surface area contributed by atoms with Gasteiger partial charge in [0, 0.05) is 12.7 Å². The number of fused-ring (bicyclic) bond motifs is 1. The van der Waals surface area contributed by atoms with Gasteiger partial charge in [0.2, 0.25) is 0 Å². The monoisotopic (exact) mass is 389 g/mol. The zero-order valence-electron chi connectivity index (χ0n) is 14.1. The normalized spacial score (nSPS) is 10.7. The van der Waals surface area contributed by atoms with E-state index in [1.54, 1.807) is 24.3 Å². The van der Waals surface area contributed by atoms with Gasteiger partial charge in [-0.1, -0.05) is 35.1 Å². The molecule has 0 fully saturated rings. The molecular formula is C18H16ClN3O3S. The van der Waals surface area contributed by atoms with Crippen molar-refractivity contribution in [2.75, 3.05) is 24.4 Å².